The van der Waals surface area contributed by atoms with Crippen molar-refractivity contribution in [3.05, 3.63) is 24.2 Å². The van der Waals surface area contributed by atoms with Crippen LogP contribution in [0.4, 0.5) is 0 Å². The lowest BCUT2D eigenvalue weighted by molar-refractivity contribution is -0.119. The van der Waals surface area contributed by atoms with Crippen LogP contribution in [0.3, 0.4) is 0 Å². The van der Waals surface area contributed by atoms with Crippen LogP contribution in [0.15, 0.2) is 22.8 Å². The highest BCUT2D eigenvalue weighted by atomic mass is 32.2. The number of aryl methyl sites for hydroxylation is 1. The second-order valence-electron chi connectivity index (χ2n) is 4.78. The van der Waals surface area contributed by atoms with E-state index in [1.54, 1.807) is 12.1 Å². The van der Waals surface area contributed by atoms with Crippen LogP contribution in [0.25, 0.3) is 0 Å². The fraction of sp³-hybridized carbons (Fsp3) is 0.615. The molecule has 0 aliphatic rings. The van der Waals surface area contributed by atoms with Gasteiger partial charge in [0, 0.05) is 12.8 Å². The Morgan fingerprint density at radius 3 is 2.79 bits per heavy atom. The molecule has 0 aliphatic heterocycles. The Balaban J connectivity index is 2.38. The summed E-state index contributed by atoms with van der Waals surface area (Å²) in [6.45, 7) is 3.88. The van der Waals surface area contributed by atoms with Crippen LogP contribution in [0.5, 0.6) is 0 Å². The number of nitrogens with one attached hydrogen (secondary N) is 1. The van der Waals surface area contributed by atoms with Gasteiger partial charge in [0.25, 0.3) is 0 Å². The van der Waals surface area contributed by atoms with Gasteiger partial charge in [-0.2, -0.15) is 0 Å². The quantitative estimate of drug-likeness (QED) is 0.794. The van der Waals surface area contributed by atoms with Crippen molar-refractivity contribution in [3.63, 3.8) is 0 Å². The molecule has 0 spiro atoms. The Morgan fingerprint density at radius 1 is 1.47 bits per heavy atom. The van der Waals surface area contributed by atoms with Gasteiger partial charge in [-0.1, -0.05) is 20.3 Å². The predicted octanol–water partition coefficient (Wildman–Crippen LogP) is 2.09. The fourth-order valence-corrected chi connectivity index (χ4v) is 3.36. The highest BCUT2D eigenvalue weighted by Gasteiger charge is 2.18. The number of amides is 1. The third kappa shape index (κ3) is 6.42. The fourth-order valence-electron chi connectivity index (χ4n) is 1.91. The summed E-state index contributed by atoms with van der Waals surface area (Å²) in [6.07, 6.45) is 3.80. The van der Waals surface area contributed by atoms with Crippen LogP contribution < -0.4 is 4.72 Å². The van der Waals surface area contributed by atoms with Gasteiger partial charge >= 0.3 is 0 Å². The molecule has 19 heavy (non-hydrogen) atoms. The molecule has 0 aromatic carbocycles. The standard InChI is InChI=1S/C13H21NO4S/c1-3-5-11(2)10-19(16,17)14-13(15)8-7-12-6-4-9-18-12/h4,6,9,11H,3,5,7-8,10H2,1-2H3,(H,14,15)/t11-/m0/s1. The van der Waals surface area contributed by atoms with E-state index in [1.165, 1.54) is 6.26 Å². The zero-order chi connectivity index (χ0) is 14.3. The van der Waals surface area contributed by atoms with Crippen molar-refractivity contribution in [2.24, 2.45) is 5.92 Å². The van der Waals surface area contributed by atoms with Crippen molar-refractivity contribution in [1.82, 2.24) is 4.72 Å². The number of hydrogen-bond donors (Lipinski definition) is 1. The Kier molecular flexibility index (Phi) is 6.08. The molecule has 0 saturated heterocycles. The summed E-state index contributed by atoms with van der Waals surface area (Å²) in [6, 6.07) is 3.49. The number of sulfonamides is 1. The van der Waals surface area contributed by atoms with Crippen LogP contribution >= 0.6 is 0 Å². The number of furan rings is 1. The van der Waals surface area contributed by atoms with Crippen LogP contribution in [0.1, 0.15) is 38.9 Å². The highest BCUT2D eigenvalue weighted by molar-refractivity contribution is 7.90. The Labute approximate surface area is 114 Å². The van der Waals surface area contributed by atoms with Crippen molar-refractivity contribution in [2.45, 2.75) is 39.5 Å². The molecule has 5 nitrogen and oxygen atoms in total. The normalized spacial score (nSPS) is 13.2. The Morgan fingerprint density at radius 2 is 2.21 bits per heavy atom. The molecular formula is C13H21NO4S. The summed E-state index contributed by atoms with van der Waals surface area (Å²) in [7, 11) is -3.52. The Bertz CT molecular complexity index is 479. The number of carbonyl (C=O) groups is 1. The van der Waals surface area contributed by atoms with E-state index >= 15 is 0 Å². The molecule has 1 aromatic heterocycles. The topological polar surface area (TPSA) is 76.4 Å². The van der Waals surface area contributed by atoms with Gasteiger partial charge in [0.1, 0.15) is 5.76 Å². The number of hydrogen-bond acceptors (Lipinski definition) is 4. The van der Waals surface area contributed by atoms with Crippen LogP contribution in [-0.4, -0.2) is 20.1 Å². The van der Waals surface area contributed by atoms with Gasteiger partial charge in [0.15, 0.2) is 0 Å². The summed E-state index contributed by atoms with van der Waals surface area (Å²) in [5.41, 5.74) is 0. The monoisotopic (exact) mass is 287 g/mol. The molecule has 0 aliphatic carbocycles. The lowest BCUT2D eigenvalue weighted by Gasteiger charge is -2.11. The number of rotatable bonds is 8. The summed E-state index contributed by atoms with van der Waals surface area (Å²) in [5.74, 6) is 0.236. The van der Waals surface area contributed by atoms with E-state index in [4.69, 9.17) is 4.42 Å². The van der Waals surface area contributed by atoms with Crippen molar-refractivity contribution < 1.29 is 17.6 Å². The third-order valence-corrected chi connectivity index (χ3v) is 4.28. The molecule has 0 unspecified atom stereocenters. The summed E-state index contributed by atoms with van der Waals surface area (Å²) in [4.78, 5) is 11.6. The Hall–Kier alpha value is -1.30. The van der Waals surface area contributed by atoms with E-state index in [2.05, 4.69) is 4.72 Å². The summed E-state index contributed by atoms with van der Waals surface area (Å²) < 4.78 is 30.6. The lowest BCUT2D eigenvalue weighted by atomic mass is 10.1. The first-order chi connectivity index (χ1) is 8.93. The number of carbonyl (C=O) groups excluding carboxylic acids is 1. The van der Waals surface area contributed by atoms with Gasteiger partial charge in [-0.3, -0.25) is 9.52 Å². The van der Waals surface area contributed by atoms with Gasteiger partial charge in [0.05, 0.1) is 12.0 Å². The molecule has 108 valence electrons. The zero-order valence-electron chi connectivity index (χ0n) is 11.4. The maximum atomic E-state index is 11.7. The zero-order valence-corrected chi connectivity index (χ0v) is 12.2. The van der Waals surface area contributed by atoms with Crippen LogP contribution in [0, 0.1) is 5.92 Å². The summed E-state index contributed by atoms with van der Waals surface area (Å²) in [5, 5.41) is 0. The second kappa shape index (κ2) is 7.33. The average molecular weight is 287 g/mol. The molecule has 0 bridgehead atoms. The molecule has 6 heteroatoms. The molecule has 1 amide bonds. The minimum absolute atomic E-state index is 0.00662. The van der Waals surface area contributed by atoms with Crippen molar-refractivity contribution in [1.29, 1.82) is 0 Å². The van der Waals surface area contributed by atoms with Crippen LogP contribution in [-0.2, 0) is 21.2 Å². The third-order valence-electron chi connectivity index (χ3n) is 2.73. The van der Waals surface area contributed by atoms with E-state index < -0.39 is 15.9 Å². The molecule has 1 aromatic rings. The molecule has 1 atom stereocenters. The predicted molar refractivity (Wildman–Crippen MR) is 73.0 cm³/mol. The second-order valence-corrected chi connectivity index (χ2v) is 6.55. The molecule has 0 radical (unpaired) electrons. The van der Waals surface area contributed by atoms with E-state index in [0.717, 1.165) is 12.8 Å². The van der Waals surface area contributed by atoms with Crippen molar-refractivity contribution in [2.75, 3.05) is 5.75 Å². The molecule has 0 saturated carbocycles. The maximum Gasteiger partial charge on any atom is 0.235 e. The van der Waals surface area contributed by atoms with Gasteiger partial charge < -0.3 is 4.42 Å². The largest absolute Gasteiger partial charge is 0.469 e. The first kappa shape index (κ1) is 15.8. The maximum absolute atomic E-state index is 11.7. The minimum Gasteiger partial charge on any atom is -0.469 e. The van der Waals surface area contributed by atoms with Gasteiger partial charge in [0.2, 0.25) is 15.9 Å². The molecule has 1 heterocycles. The van der Waals surface area contributed by atoms with E-state index in [0.29, 0.717) is 12.2 Å². The first-order valence-electron chi connectivity index (χ1n) is 6.48. The van der Waals surface area contributed by atoms with Crippen LogP contribution in [0.2, 0.25) is 0 Å². The first-order valence-corrected chi connectivity index (χ1v) is 8.14. The van der Waals surface area contributed by atoms with Crippen molar-refractivity contribution >= 4 is 15.9 Å². The highest BCUT2D eigenvalue weighted by Crippen LogP contribution is 2.08. The molecule has 1 rings (SSSR count). The smallest absolute Gasteiger partial charge is 0.235 e. The average Bonchev–Trinajstić information content (AvgIpc) is 2.77. The SMILES string of the molecule is CCC[C@H](C)CS(=O)(=O)NC(=O)CCc1ccco1. The summed E-state index contributed by atoms with van der Waals surface area (Å²) >= 11 is 0. The molecular weight excluding hydrogens is 266 g/mol. The van der Waals surface area contributed by atoms with Crippen molar-refractivity contribution in [3.8, 4) is 0 Å². The van der Waals surface area contributed by atoms with E-state index in [9.17, 15) is 13.2 Å². The van der Waals surface area contributed by atoms with Gasteiger partial charge in [-0.25, -0.2) is 8.42 Å². The van der Waals surface area contributed by atoms with Gasteiger partial charge in [-0.05, 0) is 24.5 Å². The van der Waals surface area contributed by atoms with E-state index in [-0.39, 0.29) is 18.1 Å². The van der Waals surface area contributed by atoms with E-state index in [1.807, 2.05) is 13.8 Å². The minimum atomic E-state index is -3.52. The lowest BCUT2D eigenvalue weighted by Crippen LogP contribution is -2.34. The van der Waals surface area contributed by atoms with Gasteiger partial charge in [-0.15, -0.1) is 0 Å². The molecule has 1 N–H and O–H groups in total. The molecule has 0 fully saturated rings.